The lowest BCUT2D eigenvalue weighted by atomic mass is 10.1. The zero-order valence-electron chi connectivity index (χ0n) is 13.0. The van der Waals surface area contributed by atoms with Crippen molar-refractivity contribution >= 4 is 41.0 Å². The molecule has 0 aliphatic carbocycles. The van der Waals surface area contributed by atoms with Crippen molar-refractivity contribution in [3.05, 3.63) is 33.3 Å². The third-order valence-corrected chi connectivity index (χ3v) is 3.43. The van der Waals surface area contributed by atoms with E-state index in [4.69, 9.17) is 33.3 Å². The molecule has 0 aliphatic rings. The van der Waals surface area contributed by atoms with Crippen molar-refractivity contribution < 1.29 is 22.7 Å². The van der Waals surface area contributed by atoms with Gasteiger partial charge in [0.15, 0.2) is 0 Å². The lowest BCUT2D eigenvalue weighted by Crippen LogP contribution is -2.22. The van der Waals surface area contributed by atoms with Gasteiger partial charge in [0.05, 0.1) is 27.4 Å². The van der Waals surface area contributed by atoms with Crippen LogP contribution in [-0.4, -0.2) is 24.4 Å². The largest absolute Gasteiger partial charge is 0.489 e. The van der Waals surface area contributed by atoms with Gasteiger partial charge in [-0.3, -0.25) is 4.79 Å². The van der Waals surface area contributed by atoms with Gasteiger partial charge >= 0.3 is 6.18 Å². The SMILES string of the molecule is C/C(C(=O)Nc1cc(OC(C)C)c(Cl)cc1Cl)=C(/C=N)C(F)(F)F. The van der Waals surface area contributed by atoms with E-state index in [1.165, 1.54) is 12.1 Å². The summed E-state index contributed by atoms with van der Waals surface area (Å²) in [4.78, 5) is 12.0. The summed E-state index contributed by atoms with van der Waals surface area (Å²) in [6, 6.07) is 2.64. The fourth-order valence-corrected chi connectivity index (χ4v) is 2.19. The van der Waals surface area contributed by atoms with E-state index < -0.39 is 23.2 Å². The van der Waals surface area contributed by atoms with E-state index in [2.05, 4.69) is 5.32 Å². The van der Waals surface area contributed by atoms with Crippen LogP contribution in [0.5, 0.6) is 5.75 Å². The fraction of sp³-hybridized carbons (Fsp3) is 0.333. The number of carbonyl (C=O) groups excluding carboxylic acids is 1. The van der Waals surface area contributed by atoms with Crippen molar-refractivity contribution in [2.24, 2.45) is 0 Å². The zero-order valence-corrected chi connectivity index (χ0v) is 14.5. The molecule has 0 bridgehead atoms. The second kappa shape index (κ2) is 7.90. The minimum Gasteiger partial charge on any atom is -0.489 e. The predicted octanol–water partition coefficient (Wildman–Crippen LogP) is 5.25. The Kier molecular flexibility index (Phi) is 6.68. The molecule has 0 heterocycles. The number of ether oxygens (including phenoxy) is 1. The Morgan fingerprint density at radius 1 is 1.29 bits per heavy atom. The van der Waals surface area contributed by atoms with Crippen LogP contribution in [0.2, 0.25) is 10.0 Å². The standard InChI is InChI=1S/C15H15Cl2F3N2O2/c1-7(2)24-13-5-12(10(16)4-11(13)17)22-14(23)8(3)9(6-21)15(18,19)20/h4-7,21H,1-3H3,(H,22,23)/b9-8+,21-6?. The monoisotopic (exact) mass is 382 g/mol. The molecule has 1 aromatic carbocycles. The first kappa shape index (κ1) is 20.3. The first-order valence-electron chi connectivity index (χ1n) is 6.73. The summed E-state index contributed by atoms with van der Waals surface area (Å²) >= 11 is 11.9. The van der Waals surface area contributed by atoms with Crippen LogP contribution in [0.25, 0.3) is 0 Å². The number of hydrogen-bond acceptors (Lipinski definition) is 3. The molecule has 1 amide bonds. The molecule has 132 valence electrons. The van der Waals surface area contributed by atoms with E-state index in [9.17, 15) is 18.0 Å². The summed E-state index contributed by atoms with van der Waals surface area (Å²) in [5.41, 5.74) is -1.95. The average Bonchev–Trinajstić information content (AvgIpc) is 2.42. The lowest BCUT2D eigenvalue weighted by molar-refractivity contribution is -0.114. The third-order valence-electron chi connectivity index (χ3n) is 2.83. The quantitative estimate of drug-likeness (QED) is 0.539. The molecule has 0 spiro atoms. The smallest absolute Gasteiger partial charge is 0.418 e. The van der Waals surface area contributed by atoms with Crippen LogP contribution in [0.3, 0.4) is 0 Å². The molecule has 0 aromatic heterocycles. The number of amides is 1. The third kappa shape index (κ3) is 5.14. The van der Waals surface area contributed by atoms with Gasteiger partial charge in [-0.1, -0.05) is 23.2 Å². The second-order valence-corrected chi connectivity index (χ2v) is 5.88. The van der Waals surface area contributed by atoms with E-state index in [1.54, 1.807) is 13.8 Å². The van der Waals surface area contributed by atoms with Crippen LogP contribution in [0, 0.1) is 5.41 Å². The molecule has 24 heavy (non-hydrogen) atoms. The fourth-order valence-electron chi connectivity index (χ4n) is 1.71. The van der Waals surface area contributed by atoms with Gasteiger partial charge in [-0.25, -0.2) is 0 Å². The predicted molar refractivity (Wildman–Crippen MR) is 88.4 cm³/mol. The van der Waals surface area contributed by atoms with Crippen LogP contribution in [0.4, 0.5) is 18.9 Å². The first-order valence-corrected chi connectivity index (χ1v) is 7.48. The summed E-state index contributed by atoms with van der Waals surface area (Å²) in [7, 11) is 0. The number of alkyl halides is 3. The van der Waals surface area contributed by atoms with Gasteiger partial charge in [0.2, 0.25) is 0 Å². The Balaban J connectivity index is 3.19. The highest BCUT2D eigenvalue weighted by Crippen LogP contribution is 2.35. The van der Waals surface area contributed by atoms with Gasteiger partial charge in [0.1, 0.15) is 5.75 Å². The average molecular weight is 383 g/mol. The number of benzene rings is 1. The van der Waals surface area contributed by atoms with Gasteiger partial charge in [-0.2, -0.15) is 13.2 Å². The molecular formula is C15H15Cl2F3N2O2. The summed E-state index contributed by atoms with van der Waals surface area (Å²) in [6.07, 6.45) is -4.92. The Labute approximate surface area is 147 Å². The van der Waals surface area contributed by atoms with E-state index in [0.717, 1.165) is 6.92 Å². The summed E-state index contributed by atoms with van der Waals surface area (Å²) in [5.74, 6) is -0.804. The van der Waals surface area contributed by atoms with Crippen LogP contribution in [0.1, 0.15) is 20.8 Å². The van der Waals surface area contributed by atoms with Crippen LogP contribution >= 0.6 is 23.2 Å². The van der Waals surface area contributed by atoms with Crippen LogP contribution in [0.15, 0.2) is 23.3 Å². The molecule has 0 radical (unpaired) electrons. The maximum Gasteiger partial charge on any atom is 0.418 e. The minimum atomic E-state index is -4.81. The van der Waals surface area contributed by atoms with Gasteiger partial charge in [-0.05, 0) is 26.8 Å². The maximum atomic E-state index is 12.8. The Bertz CT molecular complexity index is 686. The van der Waals surface area contributed by atoms with E-state index in [0.29, 0.717) is 0 Å². The number of carbonyl (C=O) groups is 1. The summed E-state index contributed by atoms with van der Waals surface area (Å²) in [5, 5.41) is 9.37. The van der Waals surface area contributed by atoms with E-state index >= 15 is 0 Å². The first-order chi connectivity index (χ1) is 11.0. The molecule has 0 aliphatic heterocycles. The Morgan fingerprint density at radius 3 is 2.33 bits per heavy atom. The van der Waals surface area contributed by atoms with Crippen molar-refractivity contribution in [2.45, 2.75) is 33.1 Å². The number of hydrogen-bond donors (Lipinski definition) is 2. The van der Waals surface area contributed by atoms with Crippen molar-refractivity contribution in [1.29, 1.82) is 5.41 Å². The minimum absolute atomic E-state index is 0.0423. The zero-order chi connectivity index (χ0) is 18.7. The molecule has 4 nitrogen and oxygen atoms in total. The topological polar surface area (TPSA) is 62.2 Å². The number of rotatable bonds is 5. The highest BCUT2D eigenvalue weighted by atomic mass is 35.5. The van der Waals surface area contributed by atoms with Crippen molar-refractivity contribution in [2.75, 3.05) is 5.32 Å². The number of anilines is 1. The number of halogens is 5. The lowest BCUT2D eigenvalue weighted by Gasteiger charge is -2.16. The van der Waals surface area contributed by atoms with Crippen molar-refractivity contribution in [1.82, 2.24) is 0 Å². The van der Waals surface area contributed by atoms with E-state index in [-0.39, 0.29) is 33.8 Å². The molecule has 0 unspecified atom stereocenters. The highest BCUT2D eigenvalue weighted by molar-refractivity contribution is 6.37. The summed E-state index contributed by atoms with van der Waals surface area (Å²) in [6.45, 7) is 4.49. The molecule has 1 aromatic rings. The molecular weight excluding hydrogens is 368 g/mol. The second-order valence-electron chi connectivity index (χ2n) is 5.06. The number of allylic oxidation sites excluding steroid dienone is 1. The van der Waals surface area contributed by atoms with Crippen molar-refractivity contribution in [3.63, 3.8) is 0 Å². The Hall–Kier alpha value is -1.73. The molecule has 2 N–H and O–H groups in total. The molecule has 1 rings (SSSR count). The molecule has 0 saturated heterocycles. The normalized spacial score (nSPS) is 12.7. The molecule has 0 fully saturated rings. The van der Waals surface area contributed by atoms with Crippen molar-refractivity contribution in [3.8, 4) is 5.75 Å². The highest BCUT2D eigenvalue weighted by Gasteiger charge is 2.35. The van der Waals surface area contributed by atoms with Gasteiger partial charge < -0.3 is 15.5 Å². The number of nitrogens with one attached hydrogen (secondary N) is 2. The van der Waals surface area contributed by atoms with E-state index in [1.807, 2.05) is 0 Å². The maximum absolute atomic E-state index is 12.8. The molecule has 0 saturated carbocycles. The Morgan fingerprint density at radius 2 is 1.88 bits per heavy atom. The summed E-state index contributed by atoms with van der Waals surface area (Å²) < 4.78 is 43.7. The van der Waals surface area contributed by atoms with Gasteiger partial charge in [0, 0.05) is 17.9 Å². The van der Waals surface area contributed by atoms with Crippen LogP contribution < -0.4 is 10.1 Å². The van der Waals surface area contributed by atoms with Gasteiger partial charge in [0.25, 0.3) is 5.91 Å². The van der Waals surface area contributed by atoms with Crippen LogP contribution in [-0.2, 0) is 4.79 Å². The molecule has 0 atom stereocenters. The molecule has 9 heteroatoms. The van der Waals surface area contributed by atoms with Gasteiger partial charge in [-0.15, -0.1) is 0 Å².